The lowest BCUT2D eigenvalue weighted by molar-refractivity contribution is 0.252. The second-order valence-electron chi connectivity index (χ2n) is 4.78. The van der Waals surface area contributed by atoms with Gasteiger partial charge in [-0.05, 0) is 42.4 Å². The molecule has 1 nitrogen and oxygen atoms in total. The molecule has 1 aromatic rings. The first kappa shape index (κ1) is 12.2. The molecule has 0 aromatic heterocycles. The van der Waals surface area contributed by atoms with E-state index in [4.69, 9.17) is 5.11 Å². The average Bonchev–Trinajstić information content (AvgIpc) is 2.13. The number of hydrogen-bond acceptors (Lipinski definition) is 1. The van der Waals surface area contributed by atoms with Crippen molar-refractivity contribution in [1.29, 1.82) is 0 Å². The number of rotatable bonds is 3. The summed E-state index contributed by atoms with van der Waals surface area (Å²) in [5, 5.41) is 8.98. The molecule has 0 bridgehead atoms. The fourth-order valence-electron chi connectivity index (χ4n) is 1.76. The standard InChI is InChI=1S/C13H19FO/c1-9-7-11(8-10(2)12(9)14)13(3,4)5-6-15/h7-8,15H,5-6H2,1-4H3. The maximum absolute atomic E-state index is 13.4. The van der Waals surface area contributed by atoms with Crippen molar-refractivity contribution in [3.8, 4) is 0 Å². The normalized spacial score (nSPS) is 11.9. The first-order valence-corrected chi connectivity index (χ1v) is 5.26. The van der Waals surface area contributed by atoms with Crippen LogP contribution in [0.4, 0.5) is 4.39 Å². The summed E-state index contributed by atoms with van der Waals surface area (Å²) in [6.07, 6.45) is 0.692. The molecule has 0 aliphatic carbocycles. The van der Waals surface area contributed by atoms with Crippen LogP contribution >= 0.6 is 0 Å². The molecule has 1 rings (SSSR count). The van der Waals surface area contributed by atoms with Crippen LogP contribution in [0.2, 0.25) is 0 Å². The van der Waals surface area contributed by atoms with E-state index in [9.17, 15) is 4.39 Å². The number of benzene rings is 1. The van der Waals surface area contributed by atoms with E-state index in [1.54, 1.807) is 13.8 Å². The van der Waals surface area contributed by atoms with E-state index >= 15 is 0 Å². The number of hydrogen-bond donors (Lipinski definition) is 1. The van der Waals surface area contributed by atoms with E-state index in [2.05, 4.69) is 13.8 Å². The first-order valence-electron chi connectivity index (χ1n) is 5.26. The smallest absolute Gasteiger partial charge is 0.129 e. The van der Waals surface area contributed by atoms with Crippen molar-refractivity contribution in [2.75, 3.05) is 6.61 Å². The molecule has 0 atom stereocenters. The topological polar surface area (TPSA) is 20.2 Å². The molecule has 2 heteroatoms. The molecule has 0 saturated heterocycles. The molecule has 0 amide bonds. The summed E-state index contributed by atoms with van der Waals surface area (Å²) in [6, 6.07) is 3.75. The zero-order valence-electron chi connectivity index (χ0n) is 9.89. The third-order valence-electron chi connectivity index (χ3n) is 2.95. The zero-order chi connectivity index (χ0) is 11.6. The molecule has 0 aliphatic heterocycles. The van der Waals surface area contributed by atoms with Gasteiger partial charge in [0, 0.05) is 6.61 Å². The van der Waals surface area contributed by atoms with Gasteiger partial charge in [-0.2, -0.15) is 0 Å². The highest BCUT2D eigenvalue weighted by molar-refractivity contribution is 5.34. The van der Waals surface area contributed by atoms with Crippen LogP contribution in [0.15, 0.2) is 12.1 Å². The van der Waals surface area contributed by atoms with Crippen LogP contribution in [0, 0.1) is 19.7 Å². The van der Waals surface area contributed by atoms with Gasteiger partial charge in [0.25, 0.3) is 0 Å². The molecule has 0 spiro atoms. The van der Waals surface area contributed by atoms with Gasteiger partial charge in [0.05, 0.1) is 0 Å². The van der Waals surface area contributed by atoms with Crippen molar-refractivity contribution < 1.29 is 9.50 Å². The van der Waals surface area contributed by atoms with Gasteiger partial charge in [0.15, 0.2) is 0 Å². The van der Waals surface area contributed by atoms with Crippen molar-refractivity contribution >= 4 is 0 Å². The molecule has 84 valence electrons. The van der Waals surface area contributed by atoms with Crippen molar-refractivity contribution in [3.63, 3.8) is 0 Å². The van der Waals surface area contributed by atoms with E-state index in [0.29, 0.717) is 17.5 Å². The predicted molar refractivity (Wildman–Crippen MR) is 60.6 cm³/mol. The van der Waals surface area contributed by atoms with E-state index in [-0.39, 0.29) is 17.8 Å². The molecule has 0 heterocycles. The lowest BCUT2D eigenvalue weighted by atomic mass is 9.80. The Labute approximate surface area is 90.9 Å². The molecular weight excluding hydrogens is 191 g/mol. The summed E-state index contributed by atoms with van der Waals surface area (Å²) in [5.74, 6) is -0.126. The van der Waals surface area contributed by atoms with Crippen molar-refractivity contribution in [1.82, 2.24) is 0 Å². The summed E-state index contributed by atoms with van der Waals surface area (Å²) in [6.45, 7) is 7.84. The van der Waals surface area contributed by atoms with Crippen LogP contribution in [0.3, 0.4) is 0 Å². The van der Waals surface area contributed by atoms with E-state index in [0.717, 1.165) is 5.56 Å². The molecule has 0 radical (unpaired) electrons. The molecule has 0 fully saturated rings. The highest BCUT2D eigenvalue weighted by Gasteiger charge is 2.21. The summed E-state index contributed by atoms with van der Waals surface area (Å²) in [4.78, 5) is 0. The largest absolute Gasteiger partial charge is 0.396 e. The number of aliphatic hydroxyl groups excluding tert-OH is 1. The van der Waals surface area contributed by atoms with Gasteiger partial charge in [-0.3, -0.25) is 0 Å². The van der Waals surface area contributed by atoms with Gasteiger partial charge >= 0.3 is 0 Å². The fraction of sp³-hybridized carbons (Fsp3) is 0.538. The third-order valence-corrected chi connectivity index (χ3v) is 2.95. The molecular formula is C13H19FO. The highest BCUT2D eigenvalue weighted by atomic mass is 19.1. The Morgan fingerprint density at radius 2 is 1.67 bits per heavy atom. The number of aryl methyl sites for hydroxylation is 2. The van der Waals surface area contributed by atoms with Crippen LogP contribution in [-0.4, -0.2) is 11.7 Å². The average molecular weight is 210 g/mol. The van der Waals surface area contributed by atoms with Gasteiger partial charge in [0.1, 0.15) is 5.82 Å². The molecule has 0 aliphatic rings. The van der Waals surface area contributed by atoms with E-state index < -0.39 is 0 Å². The predicted octanol–water partition coefficient (Wildman–Crippen LogP) is 3.10. The highest BCUT2D eigenvalue weighted by Crippen LogP contribution is 2.29. The Morgan fingerprint density at radius 3 is 2.07 bits per heavy atom. The summed E-state index contributed by atoms with van der Waals surface area (Å²) >= 11 is 0. The Balaban J connectivity index is 3.16. The van der Waals surface area contributed by atoms with E-state index in [1.807, 2.05) is 12.1 Å². The van der Waals surface area contributed by atoms with Crippen LogP contribution in [0.25, 0.3) is 0 Å². The minimum absolute atomic E-state index is 0.0992. The van der Waals surface area contributed by atoms with Crippen molar-refractivity contribution in [2.45, 2.75) is 39.5 Å². The molecule has 1 N–H and O–H groups in total. The van der Waals surface area contributed by atoms with Gasteiger partial charge in [-0.15, -0.1) is 0 Å². The Hall–Kier alpha value is -0.890. The monoisotopic (exact) mass is 210 g/mol. The first-order chi connectivity index (χ1) is 6.88. The number of aliphatic hydroxyl groups is 1. The van der Waals surface area contributed by atoms with Crippen LogP contribution in [0.5, 0.6) is 0 Å². The summed E-state index contributed by atoms with van der Waals surface area (Å²) < 4.78 is 13.4. The Kier molecular flexibility index (Phi) is 3.50. The SMILES string of the molecule is Cc1cc(C(C)(C)CCO)cc(C)c1F. The Morgan fingerprint density at radius 1 is 1.20 bits per heavy atom. The lowest BCUT2D eigenvalue weighted by Crippen LogP contribution is -2.19. The maximum Gasteiger partial charge on any atom is 0.129 e. The minimum atomic E-state index is -0.126. The molecule has 1 aromatic carbocycles. The maximum atomic E-state index is 13.4. The molecule has 0 unspecified atom stereocenters. The van der Waals surface area contributed by atoms with Crippen LogP contribution in [0.1, 0.15) is 37.0 Å². The quantitative estimate of drug-likeness (QED) is 0.812. The van der Waals surface area contributed by atoms with Gasteiger partial charge < -0.3 is 5.11 Å². The van der Waals surface area contributed by atoms with Crippen LogP contribution in [-0.2, 0) is 5.41 Å². The van der Waals surface area contributed by atoms with Crippen molar-refractivity contribution in [2.24, 2.45) is 0 Å². The second-order valence-corrected chi connectivity index (χ2v) is 4.78. The zero-order valence-corrected chi connectivity index (χ0v) is 9.89. The van der Waals surface area contributed by atoms with Gasteiger partial charge in [-0.1, -0.05) is 26.0 Å². The summed E-state index contributed by atoms with van der Waals surface area (Å²) in [5.41, 5.74) is 2.35. The number of halogens is 1. The van der Waals surface area contributed by atoms with Gasteiger partial charge in [0.2, 0.25) is 0 Å². The third kappa shape index (κ3) is 2.57. The summed E-state index contributed by atoms with van der Waals surface area (Å²) in [7, 11) is 0. The lowest BCUT2D eigenvalue weighted by Gasteiger charge is -2.25. The molecule has 15 heavy (non-hydrogen) atoms. The molecule has 0 saturated carbocycles. The van der Waals surface area contributed by atoms with Crippen molar-refractivity contribution in [3.05, 3.63) is 34.6 Å². The fourth-order valence-corrected chi connectivity index (χ4v) is 1.76. The second kappa shape index (κ2) is 4.31. The van der Waals surface area contributed by atoms with E-state index in [1.165, 1.54) is 0 Å². The van der Waals surface area contributed by atoms with Crippen LogP contribution < -0.4 is 0 Å². The minimum Gasteiger partial charge on any atom is -0.396 e. The van der Waals surface area contributed by atoms with Gasteiger partial charge in [-0.25, -0.2) is 4.39 Å². The Bertz CT molecular complexity index is 333.